The fourth-order valence-electron chi connectivity index (χ4n) is 4.09. The molecule has 32 heavy (non-hydrogen) atoms. The van der Waals surface area contributed by atoms with E-state index in [9.17, 15) is 10.1 Å². The molecule has 4 rings (SSSR count). The Morgan fingerprint density at radius 2 is 1.94 bits per heavy atom. The number of nitrogens with zero attached hydrogens (tertiary/aromatic N) is 5. The maximum atomic E-state index is 12.9. The molecule has 1 N–H and O–H groups in total. The number of nitrogens with one attached hydrogen (secondary N) is 1. The zero-order valence-electron chi connectivity index (χ0n) is 18.7. The van der Waals surface area contributed by atoms with E-state index in [0.717, 1.165) is 61.2 Å². The molecule has 0 atom stereocenters. The summed E-state index contributed by atoms with van der Waals surface area (Å²) < 4.78 is 12.5. The smallest absolute Gasteiger partial charge is 0.239 e. The van der Waals surface area contributed by atoms with Crippen molar-refractivity contribution < 1.29 is 13.7 Å². The number of carbonyl (C=O) groups is 1. The fourth-order valence-corrected chi connectivity index (χ4v) is 4.09. The van der Waals surface area contributed by atoms with Crippen LogP contribution in [-0.2, 0) is 17.9 Å². The maximum Gasteiger partial charge on any atom is 0.239 e. The monoisotopic (exact) mass is 436 g/mol. The molecule has 1 aliphatic heterocycles. The summed E-state index contributed by atoms with van der Waals surface area (Å²) in [6.07, 6.45) is 1.62. The number of hydrogen-bond acceptors (Lipinski definition) is 7. The van der Waals surface area contributed by atoms with Crippen molar-refractivity contribution in [3.05, 3.63) is 58.5 Å². The molecule has 1 fully saturated rings. The molecule has 0 aliphatic carbocycles. The third-order valence-corrected chi connectivity index (χ3v) is 5.99. The van der Waals surface area contributed by atoms with E-state index in [1.54, 1.807) is 6.26 Å². The SMILES string of the molecule is Cc1cc(CN2CCN(CC(=O)Nc3c(C#N)c(C)c(C)n3Cc3ccco3)CC2)no1. The summed E-state index contributed by atoms with van der Waals surface area (Å²) in [5, 5.41) is 16.7. The van der Waals surface area contributed by atoms with E-state index in [0.29, 0.717) is 17.9 Å². The lowest BCUT2D eigenvalue weighted by atomic mass is 10.2. The van der Waals surface area contributed by atoms with Crippen LogP contribution in [-0.4, -0.2) is 58.2 Å². The van der Waals surface area contributed by atoms with Crippen LogP contribution in [0.4, 0.5) is 5.82 Å². The first-order valence-electron chi connectivity index (χ1n) is 10.7. The minimum atomic E-state index is -0.125. The molecule has 0 aromatic carbocycles. The van der Waals surface area contributed by atoms with Crippen molar-refractivity contribution >= 4 is 11.7 Å². The average molecular weight is 437 g/mol. The van der Waals surface area contributed by atoms with Crippen molar-refractivity contribution in [1.29, 1.82) is 5.26 Å². The lowest BCUT2D eigenvalue weighted by Gasteiger charge is -2.33. The number of aromatic nitrogens is 2. The van der Waals surface area contributed by atoms with Gasteiger partial charge in [-0.1, -0.05) is 5.16 Å². The Kier molecular flexibility index (Phi) is 6.44. The van der Waals surface area contributed by atoms with Gasteiger partial charge >= 0.3 is 0 Å². The molecule has 1 aliphatic rings. The Balaban J connectivity index is 1.37. The minimum Gasteiger partial charge on any atom is -0.467 e. The van der Waals surface area contributed by atoms with E-state index in [1.165, 1.54) is 0 Å². The molecule has 4 heterocycles. The van der Waals surface area contributed by atoms with Gasteiger partial charge in [0.1, 0.15) is 23.4 Å². The van der Waals surface area contributed by atoms with Gasteiger partial charge in [-0.3, -0.25) is 14.6 Å². The lowest BCUT2D eigenvalue weighted by molar-refractivity contribution is -0.117. The Bertz CT molecular complexity index is 1110. The minimum absolute atomic E-state index is 0.125. The highest BCUT2D eigenvalue weighted by Crippen LogP contribution is 2.27. The summed E-state index contributed by atoms with van der Waals surface area (Å²) in [5.41, 5.74) is 3.23. The van der Waals surface area contributed by atoms with E-state index in [2.05, 4.69) is 26.3 Å². The first-order valence-corrected chi connectivity index (χ1v) is 10.7. The number of furan rings is 1. The number of aryl methyl sites for hydroxylation is 1. The molecule has 0 radical (unpaired) electrons. The van der Waals surface area contributed by atoms with Crippen molar-refractivity contribution in [2.75, 3.05) is 38.0 Å². The fraction of sp³-hybridized carbons (Fsp3) is 0.435. The molecule has 0 bridgehead atoms. The number of hydrogen-bond donors (Lipinski definition) is 1. The Morgan fingerprint density at radius 3 is 2.56 bits per heavy atom. The Morgan fingerprint density at radius 1 is 1.19 bits per heavy atom. The summed E-state index contributed by atoms with van der Waals surface area (Å²) in [6.45, 7) is 10.5. The first-order chi connectivity index (χ1) is 15.4. The normalized spacial score (nSPS) is 15.1. The van der Waals surface area contributed by atoms with Crippen LogP contribution < -0.4 is 5.32 Å². The van der Waals surface area contributed by atoms with Gasteiger partial charge in [0.2, 0.25) is 5.91 Å². The van der Waals surface area contributed by atoms with Gasteiger partial charge in [0.05, 0.1) is 30.6 Å². The summed E-state index contributed by atoms with van der Waals surface area (Å²) >= 11 is 0. The van der Waals surface area contributed by atoms with Gasteiger partial charge in [0.25, 0.3) is 0 Å². The van der Waals surface area contributed by atoms with Crippen molar-refractivity contribution in [3.8, 4) is 6.07 Å². The average Bonchev–Trinajstić information content (AvgIpc) is 3.48. The molecule has 1 amide bonds. The summed E-state index contributed by atoms with van der Waals surface area (Å²) in [4.78, 5) is 17.3. The van der Waals surface area contributed by atoms with Crippen LogP contribution in [0.5, 0.6) is 0 Å². The molecule has 9 nitrogen and oxygen atoms in total. The lowest BCUT2D eigenvalue weighted by Crippen LogP contribution is -2.48. The summed E-state index contributed by atoms with van der Waals surface area (Å²) in [7, 11) is 0. The molecular weight excluding hydrogens is 408 g/mol. The van der Waals surface area contributed by atoms with E-state index in [4.69, 9.17) is 8.94 Å². The first kappa shape index (κ1) is 21.9. The quantitative estimate of drug-likeness (QED) is 0.607. The van der Waals surface area contributed by atoms with Crippen molar-refractivity contribution in [2.45, 2.75) is 33.9 Å². The summed E-state index contributed by atoms with van der Waals surface area (Å²) in [6, 6.07) is 7.91. The summed E-state index contributed by atoms with van der Waals surface area (Å²) in [5.74, 6) is 1.99. The predicted molar refractivity (Wildman–Crippen MR) is 118 cm³/mol. The van der Waals surface area contributed by atoms with Gasteiger partial charge in [-0.25, -0.2) is 0 Å². The molecule has 168 valence electrons. The maximum absolute atomic E-state index is 12.9. The largest absolute Gasteiger partial charge is 0.467 e. The van der Waals surface area contributed by atoms with Crippen LogP contribution in [0.25, 0.3) is 0 Å². The van der Waals surface area contributed by atoms with Gasteiger partial charge in [0, 0.05) is 44.5 Å². The number of rotatable bonds is 7. The highest BCUT2D eigenvalue weighted by Gasteiger charge is 2.23. The third kappa shape index (κ3) is 4.77. The van der Waals surface area contributed by atoms with Gasteiger partial charge in [-0.05, 0) is 38.5 Å². The topological polar surface area (TPSA) is 103 Å². The molecule has 9 heteroatoms. The third-order valence-electron chi connectivity index (χ3n) is 5.99. The van der Waals surface area contributed by atoms with Gasteiger partial charge in [-0.15, -0.1) is 0 Å². The van der Waals surface area contributed by atoms with Crippen LogP contribution >= 0.6 is 0 Å². The molecule has 0 unspecified atom stereocenters. The molecular formula is C23H28N6O3. The van der Waals surface area contributed by atoms with Crippen LogP contribution in [0.2, 0.25) is 0 Å². The predicted octanol–water partition coefficient (Wildman–Crippen LogP) is 2.67. The van der Waals surface area contributed by atoms with E-state index < -0.39 is 0 Å². The van der Waals surface area contributed by atoms with Crippen molar-refractivity contribution in [1.82, 2.24) is 19.5 Å². The second-order valence-electron chi connectivity index (χ2n) is 8.24. The van der Waals surface area contributed by atoms with E-state index in [1.807, 2.05) is 43.5 Å². The second-order valence-corrected chi connectivity index (χ2v) is 8.24. The highest BCUT2D eigenvalue weighted by atomic mass is 16.5. The standard InChI is InChI=1S/C23H28N6O3/c1-16-11-19(26-32-16)13-27-6-8-28(9-7-27)15-22(30)25-23-21(12-24)17(2)18(3)29(23)14-20-5-4-10-31-20/h4-5,10-11H,6-9,13-15H2,1-3H3,(H,25,30). The van der Waals surface area contributed by atoms with Gasteiger partial charge in [0.15, 0.2) is 0 Å². The number of amides is 1. The van der Waals surface area contributed by atoms with Crippen LogP contribution in [0.15, 0.2) is 33.4 Å². The van der Waals surface area contributed by atoms with E-state index in [-0.39, 0.29) is 12.5 Å². The number of carbonyl (C=O) groups excluding carboxylic acids is 1. The van der Waals surface area contributed by atoms with Crippen molar-refractivity contribution in [2.24, 2.45) is 0 Å². The molecule has 1 saturated heterocycles. The zero-order valence-corrected chi connectivity index (χ0v) is 18.7. The molecule has 3 aromatic heterocycles. The van der Waals surface area contributed by atoms with E-state index >= 15 is 0 Å². The zero-order chi connectivity index (χ0) is 22.7. The number of anilines is 1. The van der Waals surface area contributed by atoms with Crippen LogP contribution in [0.1, 0.15) is 34.0 Å². The Hall–Kier alpha value is -3.35. The highest BCUT2D eigenvalue weighted by molar-refractivity contribution is 5.93. The van der Waals surface area contributed by atoms with Crippen LogP contribution in [0.3, 0.4) is 0 Å². The van der Waals surface area contributed by atoms with Gasteiger partial charge in [-0.2, -0.15) is 5.26 Å². The molecule has 3 aromatic rings. The Labute approximate surface area is 187 Å². The molecule has 0 spiro atoms. The number of nitriles is 1. The van der Waals surface area contributed by atoms with Crippen LogP contribution in [0, 0.1) is 32.1 Å². The molecule has 0 saturated carbocycles. The van der Waals surface area contributed by atoms with Crippen molar-refractivity contribution in [3.63, 3.8) is 0 Å². The number of piperazine rings is 1. The second kappa shape index (κ2) is 9.42. The van der Waals surface area contributed by atoms with Gasteiger partial charge < -0.3 is 18.8 Å².